The molecule has 1 aliphatic heterocycles. The van der Waals surface area contributed by atoms with Crippen LogP contribution in [0.1, 0.15) is 12.0 Å². The molecule has 124 valence electrons. The lowest BCUT2D eigenvalue weighted by Crippen LogP contribution is -2.37. The number of aliphatic hydroxyl groups is 1. The van der Waals surface area contributed by atoms with Gasteiger partial charge in [0.15, 0.2) is 5.79 Å². The standard InChI is InChI=1S/C16H18Cl2N2O3/c17-13-5-12(6-14(18)7-13)1-2-16(10-20-4-3-19-11-20)22-9-15(8-21)23-16/h3-7,11,15,21H,1-2,8-10H2. The Morgan fingerprint density at radius 2 is 2.09 bits per heavy atom. The number of halogens is 2. The summed E-state index contributed by atoms with van der Waals surface area (Å²) in [5, 5.41) is 10.5. The van der Waals surface area contributed by atoms with Crippen LogP contribution in [0.5, 0.6) is 0 Å². The number of benzene rings is 1. The molecule has 0 amide bonds. The summed E-state index contributed by atoms with van der Waals surface area (Å²) >= 11 is 12.1. The molecule has 0 bridgehead atoms. The van der Waals surface area contributed by atoms with Crippen LogP contribution in [0, 0.1) is 0 Å². The van der Waals surface area contributed by atoms with E-state index in [1.54, 1.807) is 18.6 Å². The normalized spacial score (nSPS) is 24.2. The molecular formula is C16H18Cl2N2O3. The summed E-state index contributed by atoms with van der Waals surface area (Å²) < 4.78 is 13.8. The van der Waals surface area contributed by atoms with Crippen molar-refractivity contribution in [3.05, 3.63) is 52.5 Å². The lowest BCUT2D eigenvalue weighted by atomic mass is 10.0. The van der Waals surface area contributed by atoms with Gasteiger partial charge in [-0.15, -0.1) is 0 Å². The number of ether oxygens (including phenoxy) is 2. The highest BCUT2D eigenvalue weighted by Gasteiger charge is 2.41. The molecule has 2 heterocycles. The molecule has 0 aliphatic carbocycles. The molecule has 7 heteroatoms. The minimum atomic E-state index is -0.789. The largest absolute Gasteiger partial charge is 0.394 e. The topological polar surface area (TPSA) is 56.5 Å². The summed E-state index contributed by atoms with van der Waals surface area (Å²) in [5.74, 6) is -0.789. The second kappa shape index (κ2) is 7.20. The lowest BCUT2D eigenvalue weighted by molar-refractivity contribution is -0.185. The molecule has 0 radical (unpaired) electrons. The number of aromatic nitrogens is 2. The number of imidazole rings is 1. The molecule has 2 aromatic rings. The first-order valence-electron chi connectivity index (χ1n) is 7.42. The van der Waals surface area contributed by atoms with Crippen LogP contribution in [0.15, 0.2) is 36.9 Å². The Morgan fingerprint density at radius 3 is 2.70 bits per heavy atom. The molecule has 1 aromatic heterocycles. The van der Waals surface area contributed by atoms with Gasteiger partial charge < -0.3 is 19.1 Å². The van der Waals surface area contributed by atoms with Crippen molar-refractivity contribution < 1.29 is 14.6 Å². The first-order chi connectivity index (χ1) is 11.1. The third-order valence-corrected chi connectivity index (χ3v) is 4.25. The molecule has 3 rings (SSSR count). The Balaban J connectivity index is 1.73. The third-order valence-electron chi connectivity index (χ3n) is 3.82. The van der Waals surface area contributed by atoms with Gasteiger partial charge in [-0.05, 0) is 30.2 Å². The minimum Gasteiger partial charge on any atom is -0.394 e. The summed E-state index contributed by atoms with van der Waals surface area (Å²) in [4.78, 5) is 4.04. The van der Waals surface area contributed by atoms with Crippen LogP contribution in [0.4, 0.5) is 0 Å². The average molecular weight is 357 g/mol. The molecule has 1 N–H and O–H groups in total. The predicted octanol–water partition coefficient (Wildman–Crippen LogP) is 2.93. The van der Waals surface area contributed by atoms with E-state index in [0.29, 0.717) is 36.0 Å². The maximum absolute atomic E-state index is 9.32. The number of hydrogen-bond donors (Lipinski definition) is 1. The molecule has 1 aromatic carbocycles. The Kier molecular flexibility index (Phi) is 5.24. The van der Waals surface area contributed by atoms with Crippen molar-refractivity contribution in [2.24, 2.45) is 0 Å². The number of nitrogens with zero attached hydrogens (tertiary/aromatic N) is 2. The van der Waals surface area contributed by atoms with Crippen molar-refractivity contribution in [2.75, 3.05) is 13.2 Å². The van der Waals surface area contributed by atoms with E-state index in [2.05, 4.69) is 4.98 Å². The molecule has 23 heavy (non-hydrogen) atoms. The molecule has 2 unspecified atom stereocenters. The van der Waals surface area contributed by atoms with Crippen LogP contribution in [0.3, 0.4) is 0 Å². The summed E-state index contributed by atoms with van der Waals surface area (Å²) in [7, 11) is 0. The van der Waals surface area contributed by atoms with E-state index in [0.717, 1.165) is 5.56 Å². The van der Waals surface area contributed by atoms with Crippen LogP contribution in [-0.4, -0.2) is 39.8 Å². The van der Waals surface area contributed by atoms with Crippen molar-refractivity contribution in [1.82, 2.24) is 9.55 Å². The molecule has 0 saturated carbocycles. The highest BCUT2D eigenvalue weighted by Crippen LogP contribution is 2.31. The van der Waals surface area contributed by atoms with Crippen LogP contribution in [0.25, 0.3) is 0 Å². The number of hydrogen-bond acceptors (Lipinski definition) is 4. The molecular weight excluding hydrogens is 339 g/mol. The van der Waals surface area contributed by atoms with E-state index in [-0.39, 0.29) is 12.7 Å². The quantitative estimate of drug-likeness (QED) is 0.864. The third kappa shape index (κ3) is 4.25. The molecule has 1 fully saturated rings. The van der Waals surface area contributed by atoms with E-state index in [1.165, 1.54) is 0 Å². The fourth-order valence-electron chi connectivity index (χ4n) is 2.75. The van der Waals surface area contributed by atoms with Gasteiger partial charge in [0.2, 0.25) is 0 Å². The summed E-state index contributed by atoms with van der Waals surface area (Å²) in [6.45, 7) is 0.827. The number of aliphatic hydroxyl groups excluding tert-OH is 1. The van der Waals surface area contributed by atoms with Gasteiger partial charge in [0.25, 0.3) is 0 Å². The van der Waals surface area contributed by atoms with Crippen molar-refractivity contribution in [2.45, 2.75) is 31.3 Å². The van der Waals surface area contributed by atoms with Crippen LogP contribution in [0.2, 0.25) is 10.0 Å². The molecule has 5 nitrogen and oxygen atoms in total. The van der Waals surface area contributed by atoms with Crippen LogP contribution >= 0.6 is 23.2 Å². The highest BCUT2D eigenvalue weighted by atomic mass is 35.5. The van der Waals surface area contributed by atoms with E-state index < -0.39 is 5.79 Å². The van der Waals surface area contributed by atoms with E-state index in [9.17, 15) is 5.11 Å². The van der Waals surface area contributed by atoms with Crippen molar-refractivity contribution in [3.8, 4) is 0 Å². The Bertz CT molecular complexity index is 631. The smallest absolute Gasteiger partial charge is 0.187 e. The van der Waals surface area contributed by atoms with E-state index >= 15 is 0 Å². The zero-order valence-electron chi connectivity index (χ0n) is 12.5. The monoisotopic (exact) mass is 356 g/mol. The Labute approximate surface area is 144 Å². The Morgan fingerprint density at radius 1 is 1.30 bits per heavy atom. The second-order valence-corrected chi connectivity index (χ2v) is 6.53. The van der Waals surface area contributed by atoms with Gasteiger partial charge in [-0.1, -0.05) is 23.2 Å². The molecule has 1 saturated heterocycles. The van der Waals surface area contributed by atoms with Gasteiger partial charge in [-0.2, -0.15) is 0 Å². The predicted molar refractivity (Wildman–Crippen MR) is 87.7 cm³/mol. The maximum Gasteiger partial charge on any atom is 0.187 e. The van der Waals surface area contributed by atoms with Crippen molar-refractivity contribution in [1.29, 1.82) is 0 Å². The maximum atomic E-state index is 9.32. The number of rotatable bonds is 6. The van der Waals surface area contributed by atoms with Gasteiger partial charge in [0.05, 0.1) is 26.1 Å². The summed E-state index contributed by atoms with van der Waals surface area (Å²) in [5.41, 5.74) is 1.02. The van der Waals surface area contributed by atoms with E-state index in [4.69, 9.17) is 32.7 Å². The summed E-state index contributed by atoms with van der Waals surface area (Å²) in [6.07, 6.45) is 6.31. The van der Waals surface area contributed by atoms with Gasteiger partial charge in [-0.25, -0.2) is 4.98 Å². The minimum absolute atomic E-state index is 0.0608. The molecule has 1 aliphatic rings. The van der Waals surface area contributed by atoms with Gasteiger partial charge in [0, 0.05) is 28.9 Å². The molecule has 0 spiro atoms. The Hall–Kier alpha value is -1.11. The lowest BCUT2D eigenvalue weighted by Gasteiger charge is -2.28. The first-order valence-corrected chi connectivity index (χ1v) is 8.17. The second-order valence-electron chi connectivity index (χ2n) is 5.66. The molecule has 2 atom stereocenters. The fourth-order valence-corrected chi connectivity index (χ4v) is 3.32. The van der Waals surface area contributed by atoms with Gasteiger partial charge in [-0.3, -0.25) is 0 Å². The fraction of sp³-hybridized carbons (Fsp3) is 0.438. The number of aryl methyl sites for hydroxylation is 1. The average Bonchev–Trinajstić information content (AvgIpc) is 3.15. The van der Waals surface area contributed by atoms with Gasteiger partial charge in [0.1, 0.15) is 6.10 Å². The van der Waals surface area contributed by atoms with Gasteiger partial charge >= 0.3 is 0 Å². The van der Waals surface area contributed by atoms with Crippen LogP contribution < -0.4 is 0 Å². The van der Waals surface area contributed by atoms with Crippen LogP contribution in [-0.2, 0) is 22.4 Å². The van der Waals surface area contributed by atoms with E-state index in [1.807, 2.05) is 22.9 Å². The zero-order chi connectivity index (χ0) is 16.3. The van der Waals surface area contributed by atoms with Crippen molar-refractivity contribution in [3.63, 3.8) is 0 Å². The first kappa shape index (κ1) is 16.7. The highest BCUT2D eigenvalue weighted by molar-refractivity contribution is 6.34. The SMILES string of the molecule is OCC1COC(CCc2cc(Cl)cc(Cl)c2)(Cn2ccnc2)O1. The zero-order valence-corrected chi connectivity index (χ0v) is 14.0. The van der Waals surface area contributed by atoms with Crippen molar-refractivity contribution >= 4 is 23.2 Å². The summed E-state index contributed by atoms with van der Waals surface area (Å²) in [6, 6.07) is 5.48.